The van der Waals surface area contributed by atoms with Crippen LogP contribution in [-0.4, -0.2) is 63.2 Å². The summed E-state index contributed by atoms with van der Waals surface area (Å²) in [6.45, 7) is 5.93. The third kappa shape index (κ3) is 5.80. The van der Waals surface area contributed by atoms with E-state index >= 15 is 0 Å². The Kier molecular flexibility index (Phi) is 7.76. The van der Waals surface area contributed by atoms with E-state index in [1.165, 1.54) is 6.42 Å². The van der Waals surface area contributed by atoms with Gasteiger partial charge in [0.05, 0.1) is 13.2 Å². The Bertz CT molecular complexity index is 166. The van der Waals surface area contributed by atoms with Gasteiger partial charge in [0.1, 0.15) is 0 Å². The molecule has 0 aromatic carbocycles. The number of likely N-dealkylation sites (tertiary alicyclic amines) is 1. The molecule has 0 aliphatic carbocycles. The average molecular weight is 231 g/mol. The summed E-state index contributed by atoms with van der Waals surface area (Å²) in [6.07, 6.45) is 3.45. The molecule has 96 valence electrons. The van der Waals surface area contributed by atoms with E-state index in [1.54, 1.807) is 7.11 Å². The van der Waals surface area contributed by atoms with Crippen LogP contribution in [0.4, 0.5) is 0 Å². The lowest BCUT2D eigenvalue weighted by Gasteiger charge is -2.15. The zero-order valence-corrected chi connectivity index (χ0v) is 10.4. The van der Waals surface area contributed by atoms with Crippen LogP contribution in [0.2, 0.25) is 0 Å². The molecular weight excluding hydrogens is 206 g/mol. The molecule has 1 aliphatic rings. The van der Waals surface area contributed by atoms with Crippen LogP contribution < -0.4 is 0 Å². The highest BCUT2D eigenvalue weighted by Crippen LogP contribution is 2.15. The van der Waals surface area contributed by atoms with Gasteiger partial charge in [-0.3, -0.25) is 0 Å². The average Bonchev–Trinajstić information content (AvgIpc) is 2.76. The Hall–Kier alpha value is -0.160. The van der Waals surface area contributed by atoms with E-state index in [-0.39, 0.29) is 0 Å². The van der Waals surface area contributed by atoms with Crippen molar-refractivity contribution >= 4 is 0 Å². The van der Waals surface area contributed by atoms with Crippen LogP contribution in [0.15, 0.2) is 0 Å². The fraction of sp³-hybridized carbons (Fsp3) is 1.00. The smallest absolute Gasteiger partial charge is 0.0700 e. The highest BCUT2D eigenvalue weighted by Gasteiger charge is 2.20. The summed E-state index contributed by atoms with van der Waals surface area (Å²) < 4.78 is 10.3. The molecule has 4 heteroatoms. The summed E-state index contributed by atoms with van der Waals surface area (Å²) >= 11 is 0. The summed E-state index contributed by atoms with van der Waals surface area (Å²) in [5.74, 6) is 0.512. The zero-order chi connectivity index (χ0) is 11.6. The molecule has 0 radical (unpaired) electrons. The highest BCUT2D eigenvalue weighted by atomic mass is 16.5. The molecule has 0 aromatic rings. The number of rotatable bonds is 9. The molecule has 1 fully saturated rings. The number of ether oxygens (including phenoxy) is 2. The molecule has 0 amide bonds. The quantitative estimate of drug-likeness (QED) is 0.594. The molecule has 0 bridgehead atoms. The van der Waals surface area contributed by atoms with Crippen LogP contribution in [0.1, 0.15) is 19.3 Å². The van der Waals surface area contributed by atoms with Crippen molar-refractivity contribution in [3.63, 3.8) is 0 Å². The van der Waals surface area contributed by atoms with E-state index in [0.29, 0.717) is 25.7 Å². The lowest BCUT2D eigenvalue weighted by molar-refractivity contribution is 0.0678. The van der Waals surface area contributed by atoms with E-state index in [0.717, 1.165) is 39.1 Å². The summed E-state index contributed by atoms with van der Waals surface area (Å²) in [4.78, 5) is 2.44. The first kappa shape index (κ1) is 13.9. The highest BCUT2D eigenvalue weighted by molar-refractivity contribution is 4.74. The van der Waals surface area contributed by atoms with Gasteiger partial charge in [0.2, 0.25) is 0 Å². The first-order valence-electron chi connectivity index (χ1n) is 6.26. The van der Waals surface area contributed by atoms with Crippen molar-refractivity contribution in [3.05, 3.63) is 0 Å². The lowest BCUT2D eigenvalue weighted by Crippen LogP contribution is -2.23. The minimum Gasteiger partial charge on any atom is -0.396 e. The van der Waals surface area contributed by atoms with Crippen molar-refractivity contribution in [3.8, 4) is 0 Å². The summed E-state index contributed by atoms with van der Waals surface area (Å²) in [6, 6.07) is 0. The van der Waals surface area contributed by atoms with Crippen LogP contribution in [0.5, 0.6) is 0 Å². The molecule has 1 saturated heterocycles. The van der Waals surface area contributed by atoms with Gasteiger partial charge in [-0.05, 0) is 38.3 Å². The van der Waals surface area contributed by atoms with Crippen LogP contribution in [0.25, 0.3) is 0 Å². The Labute approximate surface area is 98.5 Å². The molecular formula is C12H25NO3. The maximum absolute atomic E-state index is 9.02. The lowest BCUT2D eigenvalue weighted by atomic mass is 10.1. The van der Waals surface area contributed by atoms with E-state index in [4.69, 9.17) is 14.6 Å². The SMILES string of the molecule is COCCOCCCCN1CCC(CO)C1. The second kappa shape index (κ2) is 8.93. The topological polar surface area (TPSA) is 41.9 Å². The molecule has 0 aromatic heterocycles. The summed E-state index contributed by atoms with van der Waals surface area (Å²) in [5, 5.41) is 9.02. The number of hydrogen-bond acceptors (Lipinski definition) is 4. The predicted molar refractivity (Wildman–Crippen MR) is 63.6 cm³/mol. The fourth-order valence-corrected chi connectivity index (χ4v) is 2.05. The summed E-state index contributed by atoms with van der Waals surface area (Å²) in [5.41, 5.74) is 0. The molecule has 1 rings (SSSR count). The van der Waals surface area contributed by atoms with Crippen LogP contribution in [-0.2, 0) is 9.47 Å². The van der Waals surface area contributed by atoms with Gasteiger partial charge >= 0.3 is 0 Å². The van der Waals surface area contributed by atoms with Crippen molar-refractivity contribution in [2.24, 2.45) is 5.92 Å². The normalized spacial score (nSPS) is 21.8. The molecule has 0 saturated carbocycles. The number of hydrogen-bond donors (Lipinski definition) is 1. The van der Waals surface area contributed by atoms with Gasteiger partial charge < -0.3 is 19.5 Å². The molecule has 16 heavy (non-hydrogen) atoms. The van der Waals surface area contributed by atoms with Gasteiger partial charge in [-0.15, -0.1) is 0 Å². The molecule has 1 aliphatic heterocycles. The van der Waals surface area contributed by atoms with Crippen molar-refractivity contribution in [1.82, 2.24) is 4.90 Å². The number of nitrogens with zero attached hydrogens (tertiary/aromatic N) is 1. The number of aliphatic hydroxyl groups is 1. The standard InChI is InChI=1S/C12H25NO3/c1-15-8-9-16-7-3-2-5-13-6-4-12(10-13)11-14/h12,14H,2-11H2,1H3. The van der Waals surface area contributed by atoms with Crippen LogP contribution >= 0.6 is 0 Å². The molecule has 1 N–H and O–H groups in total. The van der Waals surface area contributed by atoms with Crippen molar-refractivity contribution in [2.45, 2.75) is 19.3 Å². The maximum Gasteiger partial charge on any atom is 0.0700 e. The van der Waals surface area contributed by atoms with Crippen molar-refractivity contribution in [1.29, 1.82) is 0 Å². The molecule has 1 atom stereocenters. The van der Waals surface area contributed by atoms with Gasteiger partial charge in [-0.2, -0.15) is 0 Å². The number of methoxy groups -OCH3 is 1. The first-order valence-corrected chi connectivity index (χ1v) is 6.26. The Balaban J connectivity index is 1.84. The Morgan fingerprint density at radius 3 is 2.81 bits per heavy atom. The van der Waals surface area contributed by atoms with Gasteiger partial charge in [0.15, 0.2) is 0 Å². The Morgan fingerprint density at radius 1 is 1.25 bits per heavy atom. The molecule has 1 unspecified atom stereocenters. The van der Waals surface area contributed by atoms with E-state index < -0.39 is 0 Å². The monoisotopic (exact) mass is 231 g/mol. The second-order valence-electron chi connectivity index (χ2n) is 4.45. The van der Waals surface area contributed by atoms with Gasteiger partial charge in [0, 0.05) is 26.9 Å². The minimum atomic E-state index is 0.344. The number of unbranched alkanes of at least 4 members (excludes halogenated alkanes) is 1. The fourth-order valence-electron chi connectivity index (χ4n) is 2.05. The van der Waals surface area contributed by atoms with Gasteiger partial charge in [-0.25, -0.2) is 0 Å². The zero-order valence-electron chi connectivity index (χ0n) is 10.4. The van der Waals surface area contributed by atoms with Crippen molar-refractivity contribution in [2.75, 3.05) is 53.2 Å². The van der Waals surface area contributed by atoms with Crippen LogP contribution in [0, 0.1) is 5.92 Å². The predicted octanol–water partition coefficient (Wildman–Crippen LogP) is 0.744. The third-order valence-corrected chi connectivity index (χ3v) is 3.07. The van der Waals surface area contributed by atoms with E-state index in [9.17, 15) is 0 Å². The summed E-state index contributed by atoms with van der Waals surface area (Å²) in [7, 11) is 1.69. The van der Waals surface area contributed by atoms with E-state index in [2.05, 4.69) is 4.90 Å². The maximum atomic E-state index is 9.02. The van der Waals surface area contributed by atoms with Gasteiger partial charge in [0.25, 0.3) is 0 Å². The molecule has 4 nitrogen and oxygen atoms in total. The Morgan fingerprint density at radius 2 is 2.12 bits per heavy atom. The first-order chi connectivity index (χ1) is 7.86. The molecule has 1 heterocycles. The molecule has 0 spiro atoms. The second-order valence-corrected chi connectivity index (χ2v) is 4.45. The van der Waals surface area contributed by atoms with Gasteiger partial charge in [-0.1, -0.05) is 0 Å². The number of aliphatic hydroxyl groups excluding tert-OH is 1. The van der Waals surface area contributed by atoms with E-state index in [1.807, 2.05) is 0 Å². The third-order valence-electron chi connectivity index (χ3n) is 3.07. The van der Waals surface area contributed by atoms with Crippen molar-refractivity contribution < 1.29 is 14.6 Å². The minimum absolute atomic E-state index is 0.344. The van der Waals surface area contributed by atoms with Crippen LogP contribution in [0.3, 0.4) is 0 Å². The largest absolute Gasteiger partial charge is 0.396 e.